The first-order chi connectivity index (χ1) is 18.5. The van der Waals surface area contributed by atoms with E-state index >= 15 is 8.78 Å². The number of aromatic nitrogens is 3. The first kappa shape index (κ1) is 27.3. The van der Waals surface area contributed by atoms with Crippen LogP contribution in [0.25, 0.3) is 17.1 Å². The van der Waals surface area contributed by atoms with E-state index in [9.17, 15) is 27.2 Å². The highest BCUT2D eigenvalue weighted by molar-refractivity contribution is 6.06. The molecule has 2 aromatic carbocycles. The fraction of sp³-hybridized carbons (Fsp3) is 0.160. The molecule has 39 heavy (non-hydrogen) atoms. The third kappa shape index (κ3) is 5.44. The molecular formula is C25H18F6N4O4. The van der Waals surface area contributed by atoms with E-state index in [2.05, 4.69) is 15.0 Å². The van der Waals surface area contributed by atoms with Crippen molar-refractivity contribution in [3.05, 3.63) is 87.8 Å². The van der Waals surface area contributed by atoms with Gasteiger partial charge < -0.3 is 14.8 Å². The molecule has 0 radical (unpaired) electrons. The number of ether oxygens (including phenoxy) is 2. The zero-order chi connectivity index (χ0) is 28.4. The molecule has 0 bridgehead atoms. The van der Waals surface area contributed by atoms with Crippen molar-refractivity contribution in [3.8, 4) is 28.6 Å². The van der Waals surface area contributed by atoms with E-state index in [1.54, 1.807) is 0 Å². The molecule has 0 aliphatic carbocycles. The number of nitrogens with one attached hydrogen (secondary N) is 1. The van der Waals surface area contributed by atoms with Crippen LogP contribution < -0.4 is 20.3 Å². The Morgan fingerprint density at radius 3 is 2.18 bits per heavy atom. The summed E-state index contributed by atoms with van der Waals surface area (Å²) in [5.41, 5.74) is -3.62. The Kier molecular flexibility index (Phi) is 7.65. The van der Waals surface area contributed by atoms with Crippen LogP contribution in [0, 0.1) is 11.6 Å². The number of carbonyl (C=O) groups excluding carboxylic acids is 1. The largest absolute Gasteiger partial charge is 0.497 e. The Morgan fingerprint density at radius 1 is 0.974 bits per heavy atom. The number of amides is 1. The lowest BCUT2D eigenvalue weighted by Crippen LogP contribution is -2.24. The van der Waals surface area contributed by atoms with Crippen molar-refractivity contribution in [1.29, 1.82) is 0 Å². The van der Waals surface area contributed by atoms with Crippen molar-refractivity contribution < 1.29 is 40.6 Å². The van der Waals surface area contributed by atoms with Gasteiger partial charge >= 0.3 is 6.61 Å². The van der Waals surface area contributed by atoms with Gasteiger partial charge in [-0.25, -0.2) is 22.5 Å². The first-order valence-electron chi connectivity index (χ1n) is 11.0. The van der Waals surface area contributed by atoms with Crippen molar-refractivity contribution in [1.82, 2.24) is 14.3 Å². The minimum absolute atomic E-state index is 0.120. The summed E-state index contributed by atoms with van der Waals surface area (Å²) >= 11 is 0. The van der Waals surface area contributed by atoms with Crippen LogP contribution in [0.15, 0.2) is 59.4 Å². The SMILES string of the molecule is COc1cc(F)c(-c2c(NC(=O)c3ccc(OC(F)F)cc3)c(=O)n(-c3cccc(C(F)F)n3)n2C)c(F)c1. The number of hydrogen-bond donors (Lipinski definition) is 1. The molecule has 0 saturated heterocycles. The van der Waals surface area contributed by atoms with Gasteiger partial charge in [-0.3, -0.25) is 14.3 Å². The lowest BCUT2D eigenvalue weighted by molar-refractivity contribution is -0.0498. The number of methoxy groups -OCH3 is 1. The number of anilines is 1. The topological polar surface area (TPSA) is 87.4 Å². The molecule has 1 N–H and O–H groups in total. The lowest BCUT2D eigenvalue weighted by atomic mass is 10.1. The minimum atomic E-state index is -3.10. The van der Waals surface area contributed by atoms with Gasteiger partial charge in [0, 0.05) is 24.7 Å². The molecule has 0 unspecified atom stereocenters. The number of rotatable bonds is 8. The summed E-state index contributed by atoms with van der Waals surface area (Å²) in [7, 11) is 2.40. The summed E-state index contributed by atoms with van der Waals surface area (Å²) in [6.45, 7) is -3.10. The maximum Gasteiger partial charge on any atom is 0.387 e. The van der Waals surface area contributed by atoms with Crippen molar-refractivity contribution in [3.63, 3.8) is 0 Å². The smallest absolute Gasteiger partial charge is 0.387 e. The Balaban J connectivity index is 1.88. The molecule has 0 aliphatic heterocycles. The zero-order valence-electron chi connectivity index (χ0n) is 20.1. The van der Waals surface area contributed by atoms with E-state index < -0.39 is 58.8 Å². The molecule has 2 aromatic heterocycles. The van der Waals surface area contributed by atoms with Gasteiger partial charge in [-0.2, -0.15) is 13.5 Å². The third-order valence-corrected chi connectivity index (χ3v) is 5.53. The highest BCUT2D eigenvalue weighted by Gasteiger charge is 2.28. The first-order valence-corrected chi connectivity index (χ1v) is 11.0. The Hall–Kier alpha value is -4.75. The van der Waals surface area contributed by atoms with Crippen LogP contribution in [-0.2, 0) is 7.05 Å². The van der Waals surface area contributed by atoms with E-state index in [0.717, 1.165) is 51.8 Å². The summed E-state index contributed by atoms with van der Waals surface area (Å²) in [6, 6.07) is 9.54. The molecule has 0 fully saturated rings. The predicted octanol–water partition coefficient (Wildman–Crippen LogP) is 5.32. The van der Waals surface area contributed by atoms with Gasteiger partial charge in [-0.05, 0) is 36.4 Å². The van der Waals surface area contributed by atoms with Crippen LogP contribution in [0.3, 0.4) is 0 Å². The normalized spacial score (nSPS) is 11.2. The molecule has 0 saturated carbocycles. The summed E-state index contributed by atoms with van der Waals surface area (Å²) in [5, 5.41) is 2.28. The molecule has 4 aromatic rings. The molecule has 14 heteroatoms. The number of alkyl halides is 4. The summed E-state index contributed by atoms with van der Waals surface area (Å²) in [4.78, 5) is 30.2. The minimum Gasteiger partial charge on any atom is -0.497 e. The summed E-state index contributed by atoms with van der Waals surface area (Å²) in [5.74, 6) is -3.98. The summed E-state index contributed by atoms with van der Waals surface area (Å²) < 4.78 is 92.4. The van der Waals surface area contributed by atoms with E-state index in [-0.39, 0.29) is 22.9 Å². The molecule has 8 nitrogen and oxygen atoms in total. The number of hydrogen-bond acceptors (Lipinski definition) is 5. The number of benzene rings is 2. The molecule has 0 atom stereocenters. The van der Waals surface area contributed by atoms with Gasteiger partial charge in [-0.1, -0.05) is 6.07 Å². The average molecular weight is 552 g/mol. The molecule has 0 aliphatic rings. The van der Waals surface area contributed by atoms with Crippen LogP contribution in [0.2, 0.25) is 0 Å². The average Bonchev–Trinajstić information content (AvgIpc) is 3.12. The van der Waals surface area contributed by atoms with Crippen molar-refractivity contribution >= 4 is 11.6 Å². The number of carbonyl (C=O) groups is 1. The van der Waals surface area contributed by atoms with Gasteiger partial charge in [-0.15, -0.1) is 0 Å². The number of nitrogens with zero attached hydrogens (tertiary/aromatic N) is 3. The fourth-order valence-corrected chi connectivity index (χ4v) is 3.81. The Morgan fingerprint density at radius 2 is 1.62 bits per heavy atom. The van der Waals surface area contributed by atoms with Crippen LogP contribution in [-0.4, -0.2) is 34.0 Å². The monoisotopic (exact) mass is 552 g/mol. The molecule has 4 rings (SSSR count). The number of pyridine rings is 1. The number of halogens is 6. The van der Waals surface area contributed by atoms with Gasteiger partial charge in [0.05, 0.1) is 12.7 Å². The van der Waals surface area contributed by atoms with Crippen LogP contribution in [0.5, 0.6) is 11.5 Å². The van der Waals surface area contributed by atoms with E-state index in [4.69, 9.17) is 4.74 Å². The molecule has 1 amide bonds. The van der Waals surface area contributed by atoms with Crippen molar-refractivity contribution in [2.75, 3.05) is 12.4 Å². The highest BCUT2D eigenvalue weighted by Crippen LogP contribution is 2.34. The standard InChI is InChI=1S/C25H18F6N4O4/c1-34-21(19-15(26)10-14(38-2)11-16(19)27)20(24(37)35(34)18-5-3-4-17(32-18)22(28)29)33-23(36)12-6-8-13(9-7-12)39-25(30)31/h3-11,22,25H,1-2H3,(H,33,36). The maximum absolute atomic E-state index is 15.1. The zero-order valence-corrected chi connectivity index (χ0v) is 20.1. The van der Waals surface area contributed by atoms with Gasteiger partial charge in [0.1, 0.15) is 40.2 Å². The van der Waals surface area contributed by atoms with Gasteiger partial charge in [0.2, 0.25) is 0 Å². The predicted molar refractivity (Wildman–Crippen MR) is 127 cm³/mol. The molecule has 204 valence electrons. The summed E-state index contributed by atoms with van der Waals surface area (Å²) in [6.07, 6.45) is -2.98. The second-order valence-electron chi connectivity index (χ2n) is 7.91. The Bertz CT molecular complexity index is 1560. The highest BCUT2D eigenvalue weighted by atomic mass is 19.3. The third-order valence-electron chi connectivity index (χ3n) is 5.53. The second kappa shape index (κ2) is 10.9. The van der Waals surface area contributed by atoms with Gasteiger partial charge in [0.25, 0.3) is 17.9 Å². The van der Waals surface area contributed by atoms with E-state index in [1.165, 1.54) is 26.3 Å². The molecular weight excluding hydrogens is 534 g/mol. The van der Waals surface area contributed by atoms with Crippen LogP contribution >= 0.6 is 0 Å². The van der Waals surface area contributed by atoms with Crippen molar-refractivity contribution in [2.24, 2.45) is 7.05 Å². The molecule has 0 spiro atoms. The van der Waals surface area contributed by atoms with Crippen LogP contribution in [0.1, 0.15) is 22.5 Å². The van der Waals surface area contributed by atoms with E-state index in [0.29, 0.717) is 0 Å². The maximum atomic E-state index is 15.1. The Labute approximate surface area is 216 Å². The second-order valence-corrected chi connectivity index (χ2v) is 7.91. The van der Waals surface area contributed by atoms with Gasteiger partial charge in [0.15, 0.2) is 5.82 Å². The van der Waals surface area contributed by atoms with Crippen molar-refractivity contribution in [2.45, 2.75) is 13.0 Å². The fourth-order valence-electron chi connectivity index (χ4n) is 3.81. The molecule has 2 heterocycles. The lowest BCUT2D eigenvalue weighted by Gasteiger charge is -2.13. The van der Waals surface area contributed by atoms with E-state index in [1.807, 2.05) is 0 Å². The van der Waals surface area contributed by atoms with Crippen LogP contribution in [0.4, 0.5) is 32.0 Å². The quantitative estimate of drug-likeness (QED) is 0.299.